The number of piperidine rings is 1. The molecule has 1 aliphatic carbocycles. The predicted octanol–water partition coefficient (Wildman–Crippen LogP) is 2.43. The predicted molar refractivity (Wildman–Crippen MR) is 109 cm³/mol. The highest BCUT2D eigenvalue weighted by molar-refractivity contribution is 6.02. The largest absolute Gasteiger partial charge is 0.484 e. The zero-order valence-electron chi connectivity index (χ0n) is 16.6. The highest BCUT2D eigenvalue weighted by Gasteiger charge is 2.31. The second kappa shape index (κ2) is 9.02. The second-order valence-electron chi connectivity index (χ2n) is 7.69. The number of anilines is 1. The van der Waals surface area contributed by atoms with Gasteiger partial charge < -0.3 is 24.7 Å². The van der Waals surface area contributed by atoms with Crippen molar-refractivity contribution in [3.05, 3.63) is 48.4 Å². The van der Waals surface area contributed by atoms with Gasteiger partial charge in [-0.25, -0.2) is 0 Å². The smallest absolute Gasteiger partial charge is 0.291 e. The van der Waals surface area contributed by atoms with E-state index < -0.39 is 0 Å². The average molecular weight is 411 g/mol. The van der Waals surface area contributed by atoms with Crippen molar-refractivity contribution in [2.75, 3.05) is 25.0 Å². The molecule has 0 atom stereocenters. The lowest BCUT2D eigenvalue weighted by atomic mass is 9.96. The van der Waals surface area contributed by atoms with Gasteiger partial charge in [0.15, 0.2) is 12.4 Å². The van der Waals surface area contributed by atoms with Gasteiger partial charge in [0.25, 0.3) is 11.8 Å². The van der Waals surface area contributed by atoms with Crippen molar-refractivity contribution in [3.8, 4) is 5.75 Å². The fourth-order valence-corrected chi connectivity index (χ4v) is 3.44. The van der Waals surface area contributed by atoms with Crippen LogP contribution in [0.4, 0.5) is 5.69 Å². The van der Waals surface area contributed by atoms with Gasteiger partial charge >= 0.3 is 0 Å². The molecule has 158 valence electrons. The number of rotatable bonds is 7. The first-order chi connectivity index (χ1) is 14.6. The van der Waals surface area contributed by atoms with Crippen molar-refractivity contribution in [3.63, 3.8) is 0 Å². The van der Waals surface area contributed by atoms with Gasteiger partial charge in [-0.3, -0.25) is 14.4 Å². The lowest BCUT2D eigenvalue weighted by Crippen LogP contribution is -2.44. The van der Waals surface area contributed by atoms with E-state index in [1.165, 1.54) is 6.26 Å². The number of carbonyl (C=O) groups excluding carboxylic acids is 3. The van der Waals surface area contributed by atoms with Crippen LogP contribution in [0.15, 0.2) is 47.1 Å². The van der Waals surface area contributed by atoms with Gasteiger partial charge in [-0.2, -0.15) is 0 Å². The molecule has 0 spiro atoms. The van der Waals surface area contributed by atoms with Crippen molar-refractivity contribution >= 4 is 23.4 Å². The third-order valence-corrected chi connectivity index (χ3v) is 5.34. The lowest BCUT2D eigenvalue weighted by Gasteiger charge is -2.31. The molecule has 4 rings (SSSR count). The molecular formula is C22H25N3O5. The van der Waals surface area contributed by atoms with Crippen molar-refractivity contribution in [1.29, 1.82) is 0 Å². The molecule has 1 aromatic heterocycles. The van der Waals surface area contributed by atoms with E-state index in [0.717, 1.165) is 12.8 Å². The van der Waals surface area contributed by atoms with Gasteiger partial charge in [-0.05, 0) is 49.9 Å². The Kier molecular flexibility index (Phi) is 6.02. The molecule has 1 saturated heterocycles. The van der Waals surface area contributed by atoms with E-state index in [4.69, 9.17) is 9.15 Å². The van der Waals surface area contributed by atoms with Crippen molar-refractivity contribution < 1.29 is 23.5 Å². The number of likely N-dealkylation sites (tertiary alicyclic amines) is 1. The minimum Gasteiger partial charge on any atom is -0.484 e. The Balaban J connectivity index is 1.23. The first-order valence-corrected chi connectivity index (χ1v) is 10.2. The Bertz CT molecular complexity index is 899. The Morgan fingerprint density at radius 2 is 1.87 bits per heavy atom. The van der Waals surface area contributed by atoms with Gasteiger partial charge in [0.2, 0.25) is 5.91 Å². The van der Waals surface area contributed by atoms with E-state index in [0.29, 0.717) is 43.4 Å². The third kappa shape index (κ3) is 5.20. The van der Waals surface area contributed by atoms with E-state index in [1.54, 1.807) is 41.3 Å². The summed E-state index contributed by atoms with van der Waals surface area (Å²) >= 11 is 0. The molecule has 0 radical (unpaired) electrons. The third-order valence-electron chi connectivity index (χ3n) is 5.34. The van der Waals surface area contributed by atoms with Gasteiger partial charge in [0, 0.05) is 36.8 Å². The van der Waals surface area contributed by atoms with Gasteiger partial charge in [0.05, 0.1) is 6.26 Å². The van der Waals surface area contributed by atoms with Gasteiger partial charge in [-0.1, -0.05) is 6.07 Å². The zero-order chi connectivity index (χ0) is 20.9. The van der Waals surface area contributed by atoms with Crippen LogP contribution in [0.3, 0.4) is 0 Å². The van der Waals surface area contributed by atoms with Crippen LogP contribution in [0.5, 0.6) is 5.75 Å². The molecule has 2 aliphatic rings. The van der Waals surface area contributed by atoms with Crippen LogP contribution in [-0.4, -0.2) is 48.4 Å². The highest BCUT2D eigenvalue weighted by atomic mass is 16.5. The fraction of sp³-hybridized carbons (Fsp3) is 0.409. The zero-order valence-corrected chi connectivity index (χ0v) is 16.6. The van der Waals surface area contributed by atoms with E-state index in [1.807, 2.05) is 0 Å². The Morgan fingerprint density at radius 1 is 1.07 bits per heavy atom. The first-order valence-electron chi connectivity index (χ1n) is 10.2. The number of furan rings is 1. The summed E-state index contributed by atoms with van der Waals surface area (Å²) < 4.78 is 10.7. The molecule has 8 nitrogen and oxygen atoms in total. The lowest BCUT2D eigenvalue weighted by molar-refractivity contribution is -0.137. The maximum absolute atomic E-state index is 12.5. The minimum absolute atomic E-state index is 0.00924. The summed E-state index contributed by atoms with van der Waals surface area (Å²) in [5.41, 5.74) is 0.545. The molecule has 2 fully saturated rings. The quantitative estimate of drug-likeness (QED) is 0.729. The van der Waals surface area contributed by atoms with E-state index in [2.05, 4.69) is 10.6 Å². The molecule has 1 saturated carbocycles. The first kappa shape index (κ1) is 20.0. The Hall–Kier alpha value is -3.29. The number of ether oxygens (including phenoxy) is 1. The van der Waals surface area contributed by atoms with Crippen molar-refractivity contribution in [1.82, 2.24) is 10.2 Å². The molecule has 1 aliphatic heterocycles. The molecular weight excluding hydrogens is 386 g/mol. The van der Waals surface area contributed by atoms with Crippen LogP contribution >= 0.6 is 0 Å². The van der Waals surface area contributed by atoms with Crippen LogP contribution in [0.2, 0.25) is 0 Å². The Morgan fingerprint density at radius 3 is 2.57 bits per heavy atom. The molecule has 0 unspecified atom stereocenters. The number of nitrogens with one attached hydrogen (secondary N) is 2. The summed E-state index contributed by atoms with van der Waals surface area (Å²) in [7, 11) is 0. The summed E-state index contributed by atoms with van der Waals surface area (Å²) in [4.78, 5) is 38.4. The second-order valence-corrected chi connectivity index (χ2v) is 7.69. The maximum Gasteiger partial charge on any atom is 0.291 e. The van der Waals surface area contributed by atoms with Crippen molar-refractivity contribution in [2.24, 2.45) is 5.92 Å². The molecule has 8 heteroatoms. The molecule has 30 heavy (non-hydrogen) atoms. The number of nitrogens with zero attached hydrogens (tertiary/aromatic N) is 1. The highest BCUT2D eigenvalue weighted by Crippen LogP contribution is 2.23. The van der Waals surface area contributed by atoms with Gasteiger partial charge in [-0.15, -0.1) is 0 Å². The van der Waals surface area contributed by atoms with Crippen LogP contribution in [0.25, 0.3) is 0 Å². The van der Waals surface area contributed by atoms with E-state index in [-0.39, 0.29) is 36.0 Å². The standard InChI is InChI=1S/C22H25N3O5/c26-20(25-10-8-15(9-11-25)21(27)23-16-6-7-16)14-30-18-4-1-3-17(13-18)24-22(28)19-5-2-12-29-19/h1-5,12-13,15-16H,6-11,14H2,(H,23,27)(H,24,28). The maximum atomic E-state index is 12.5. The van der Waals surface area contributed by atoms with Crippen LogP contribution in [0.1, 0.15) is 36.2 Å². The number of hydrogen-bond acceptors (Lipinski definition) is 5. The van der Waals surface area contributed by atoms with Crippen molar-refractivity contribution in [2.45, 2.75) is 31.7 Å². The molecule has 1 aromatic carbocycles. The monoisotopic (exact) mass is 411 g/mol. The normalized spacial score (nSPS) is 16.7. The summed E-state index contributed by atoms with van der Waals surface area (Å²) in [5, 5.41) is 5.76. The molecule has 0 bridgehead atoms. The summed E-state index contributed by atoms with van der Waals surface area (Å²) in [6, 6.07) is 10.4. The van der Waals surface area contributed by atoms with Crippen LogP contribution in [0, 0.1) is 5.92 Å². The van der Waals surface area contributed by atoms with Crippen LogP contribution in [-0.2, 0) is 9.59 Å². The number of hydrogen-bond donors (Lipinski definition) is 2. The molecule has 2 heterocycles. The fourth-order valence-electron chi connectivity index (χ4n) is 3.44. The number of amides is 3. The van der Waals surface area contributed by atoms with E-state index in [9.17, 15) is 14.4 Å². The van der Waals surface area contributed by atoms with Crippen LogP contribution < -0.4 is 15.4 Å². The molecule has 2 N–H and O–H groups in total. The summed E-state index contributed by atoms with van der Waals surface area (Å²) in [6.07, 6.45) is 4.95. The average Bonchev–Trinajstić information content (AvgIpc) is 3.39. The number of benzene rings is 1. The van der Waals surface area contributed by atoms with Gasteiger partial charge in [0.1, 0.15) is 5.75 Å². The summed E-state index contributed by atoms with van der Waals surface area (Å²) in [5.74, 6) is 0.340. The SMILES string of the molecule is O=C(Nc1cccc(OCC(=O)N2CCC(C(=O)NC3CC3)CC2)c1)c1ccco1. The molecule has 2 aromatic rings. The topological polar surface area (TPSA) is 101 Å². The summed E-state index contributed by atoms with van der Waals surface area (Å²) in [6.45, 7) is 1.03. The number of carbonyl (C=O) groups is 3. The molecule has 3 amide bonds. The Labute approximate surface area is 174 Å². The van der Waals surface area contributed by atoms with E-state index >= 15 is 0 Å². The minimum atomic E-state index is -0.359.